The van der Waals surface area contributed by atoms with Gasteiger partial charge in [-0.3, -0.25) is 4.79 Å². The van der Waals surface area contributed by atoms with E-state index < -0.39 is 35.2 Å². The maximum atomic E-state index is 14.4. The van der Waals surface area contributed by atoms with Crippen LogP contribution in [-0.2, 0) is 18.5 Å². The summed E-state index contributed by atoms with van der Waals surface area (Å²) < 4.78 is 68.7. The van der Waals surface area contributed by atoms with E-state index in [2.05, 4.69) is 5.32 Å². The fourth-order valence-corrected chi connectivity index (χ4v) is 4.29. The average molecular weight is 439 g/mol. The molecule has 2 nitrogen and oxygen atoms in total. The quantitative estimate of drug-likeness (QED) is 0.481. The van der Waals surface area contributed by atoms with E-state index in [9.17, 15) is 26.7 Å². The van der Waals surface area contributed by atoms with Gasteiger partial charge in [-0.25, -0.2) is 8.78 Å². The molecule has 1 fully saturated rings. The zero-order valence-electron chi connectivity index (χ0n) is 17.7. The highest BCUT2D eigenvalue weighted by molar-refractivity contribution is 5.98. The van der Waals surface area contributed by atoms with Gasteiger partial charge in [-0.05, 0) is 47.9 Å². The Bertz CT molecular complexity index is 943. The number of aryl methyl sites for hydroxylation is 1. The van der Waals surface area contributed by atoms with Gasteiger partial charge in [-0.1, -0.05) is 50.6 Å². The van der Waals surface area contributed by atoms with Crippen molar-refractivity contribution in [3.05, 3.63) is 70.3 Å². The number of carbonyl (C=O) groups is 1. The number of nitrogens with one attached hydrogen (secondary N) is 1. The van der Waals surface area contributed by atoms with Crippen LogP contribution in [0.1, 0.15) is 78.7 Å². The van der Waals surface area contributed by atoms with E-state index in [-0.39, 0.29) is 23.0 Å². The van der Waals surface area contributed by atoms with E-state index in [1.54, 1.807) is 6.92 Å². The third-order valence-corrected chi connectivity index (χ3v) is 6.23. The minimum Gasteiger partial charge on any atom is -0.345 e. The first-order chi connectivity index (χ1) is 14.4. The normalized spacial score (nSPS) is 17.0. The molecule has 1 N–H and O–H groups in total. The zero-order chi connectivity index (χ0) is 23.0. The van der Waals surface area contributed by atoms with Crippen molar-refractivity contribution >= 4 is 5.91 Å². The van der Waals surface area contributed by atoms with Gasteiger partial charge in [-0.15, -0.1) is 0 Å². The summed E-state index contributed by atoms with van der Waals surface area (Å²) in [6, 6.07) is 9.99. The number of amides is 1. The van der Waals surface area contributed by atoms with Crippen LogP contribution in [0.4, 0.5) is 22.0 Å². The van der Waals surface area contributed by atoms with Crippen LogP contribution in [0.25, 0.3) is 0 Å². The first-order valence-electron chi connectivity index (χ1n) is 10.3. The largest absolute Gasteiger partial charge is 0.416 e. The predicted molar refractivity (Wildman–Crippen MR) is 109 cm³/mol. The van der Waals surface area contributed by atoms with E-state index in [0.717, 1.165) is 30.9 Å². The Hall–Kier alpha value is -2.44. The monoisotopic (exact) mass is 439 g/mol. The van der Waals surface area contributed by atoms with Gasteiger partial charge >= 0.3 is 6.18 Å². The Morgan fingerprint density at radius 3 is 2.16 bits per heavy atom. The molecule has 1 aliphatic carbocycles. The summed E-state index contributed by atoms with van der Waals surface area (Å²) in [7, 11) is 0. The average Bonchev–Trinajstić information content (AvgIpc) is 2.68. The molecule has 31 heavy (non-hydrogen) atoms. The Morgan fingerprint density at radius 2 is 1.71 bits per heavy atom. The van der Waals surface area contributed by atoms with Crippen molar-refractivity contribution in [2.45, 2.75) is 64.6 Å². The Kier molecular flexibility index (Phi) is 6.18. The molecule has 7 heteroatoms. The lowest BCUT2D eigenvalue weighted by Crippen LogP contribution is -2.44. The van der Waals surface area contributed by atoms with Crippen LogP contribution in [0.5, 0.6) is 0 Å². The van der Waals surface area contributed by atoms with Crippen molar-refractivity contribution in [3.8, 4) is 0 Å². The van der Waals surface area contributed by atoms with Gasteiger partial charge < -0.3 is 5.32 Å². The standard InChI is InChI=1S/C24H26F5NO/c1-4-15-13-17(24(27,28)29)14-18(23(3,25)26)19(15)21(31)30-20(22(2)11-8-12-22)16-9-6-5-7-10-16/h5-7,9-10,13-14,20H,4,8,11-12H2,1-3H3,(H,30,31). The lowest BCUT2D eigenvalue weighted by Gasteiger charge is -2.45. The summed E-state index contributed by atoms with van der Waals surface area (Å²) in [5.74, 6) is -4.38. The molecule has 0 bridgehead atoms. The molecule has 1 aliphatic rings. The van der Waals surface area contributed by atoms with Crippen molar-refractivity contribution in [2.75, 3.05) is 0 Å². The first-order valence-corrected chi connectivity index (χ1v) is 10.3. The highest BCUT2D eigenvalue weighted by Crippen LogP contribution is 2.50. The van der Waals surface area contributed by atoms with Crippen LogP contribution in [-0.4, -0.2) is 5.91 Å². The van der Waals surface area contributed by atoms with Crippen LogP contribution < -0.4 is 5.32 Å². The van der Waals surface area contributed by atoms with Gasteiger partial charge in [0.25, 0.3) is 11.8 Å². The van der Waals surface area contributed by atoms with Crippen molar-refractivity contribution in [1.29, 1.82) is 0 Å². The van der Waals surface area contributed by atoms with Crippen LogP contribution in [0.15, 0.2) is 42.5 Å². The van der Waals surface area contributed by atoms with Gasteiger partial charge in [0.1, 0.15) is 0 Å². The molecule has 168 valence electrons. The summed E-state index contributed by atoms with van der Waals surface area (Å²) in [5, 5.41) is 2.88. The van der Waals surface area contributed by atoms with E-state index in [4.69, 9.17) is 0 Å². The van der Waals surface area contributed by atoms with Crippen molar-refractivity contribution < 1.29 is 26.7 Å². The molecule has 1 atom stereocenters. The van der Waals surface area contributed by atoms with Gasteiger partial charge in [0.05, 0.1) is 17.2 Å². The first kappa shape index (κ1) is 23.2. The predicted octanol–water partition coefficient (Wildman–Crippen LogP) is 7.04. The summed E-state index contributed by atoms with van der Waals surface area (Å²) in [6.45, 7) is 4.09. The van der Waals surface area contributed by atoms with Crippen molar-refractivity contribution in [3.63, 3.8) is 0 Å². The Balaban J connectivity index is 2.09. The van der Waals surface area contributed by atoms with E-state index in [1.165, 1.54) is 0 Å². The number of hydrogen-bond donors (Lipinski definition) is 1. The van der Waals surface area contributed by atoms with E-state index in [0.29, 0.717) is 13.0 Å². The highest BCUT2D eigenvalue weighted by Gasteiger charge is 2.43. The molecular formula is C24H26F5NO. The third-order valence-electron chi connectivity index (χ3n) is 6.23. The lowest BCUT2D eigenvalue weighted by atomic mass is 9.64. The number of rotatable bonds is 6. The molecule has 0 radical (unpaired) electrons. The number of benzene rings is 2. The highest BCUT2D eigenvalue weighted by atomic mass is 19.4. The number of alkyl halides is 5. The number of hydrogen-bond acceptors (Lipinski definition) is 1. The van der Waals surface area contributed by atoms with Crippen molar-refractivity contribution in [2.24, 2.45) is 5.41 Å². The molecule has 1 saturated carbocycles. The maximum Gasteiger partial charge on any atom is 0.416 e. The molecule has 0 saturated heterocycles. The second-order valence-electron chi connectivity index (χ2n) is 8.62. The minimum atomic E-state index is -4.79. The van der Waals surface area contributed by atoms with E-state index in [1.807, 2.05) is 37.3 Å². The SMILES string of the molecule is CCc1cc(C(F)(F)F)cc(C(C)(F)F)c1C(=O)NC(c1ccccc1)C1(C)CCC1. The number of carbonyl (C=O) groups excluding carboxylic acids is 1. The molecule has 2 aromatic carbocycles. The molecule has 1 amide bonds. The van der Waals surface area contributed by atoms with E-state index >= 15 is 0 Å². The van der Waals surface area contributed by atoms with Crippen LogP contribution in [0.3, 0.4) is 0 Å². The Morgan fingerprint density at radius 1 is 1.10 bits per heavy atom. The molecule has 0 aliphatic heterocycles. The topological polar surface area (TPSA) is 29.1 Å². The molecular weight excluding hydrogens is 413 g/mol. The van der Waals surface area contributed by atoms with Crippen molar-refractivity contribution in [1.82, 2.24) is 5.32 Å². The van der Waals surface area contributed by atoms with Gasteiger partial charge in [0.2, 0.25) is 0 Å². The molecule has 0 spiro atoms. The summed E-state index contributed by atoms with van der Waals surface area (Å²) in [5.41, 5.74) is -1.90. The smallest absolute Gasteiger partial charge is 0.345 e. The second-order valence-corrected chi connectivity index (χ2v) is 8.62. The van der Waals surface area contributed by atoms with Crippen LogP contribution >= 0.6 is 0 Å². The number of halogens is 5. The fourth-order valence-electron chi connectivity index (χ4n) is 4.29. The third kappa shape index (κ3) is 4.75. The lowest BCUT2D eigenvalue weighted by molar-refractivity contribution is -0.137. The second kappa shape index (κ2) is 8.24. The maximum absolute atomic E-state index is 14.4. The molecule has 2 aromatic rings. The molecule has 1 unspecified atom stereocenters. The van der Waals surface area contributed by atoms with Crippen LogP contribution in [0.2, 0.25) is 0 Å². The minimum absolute atomic E-state index is 0.0169. The zero-order valence-corrected chi connectivity index (χ0v) is 17.7. The summed E-state index contributed by atoms with van der Waals surface area (Å²) in [6.07, 6.45) is -2.06. The summed E-state index contributed by atoms with van der Waals surface area (Å²) >= 11 is 0. The molecule has 0 heterocycles. The Labute approximate surface area is 178 Å². The van der Waals surface area contributed by atoms with Crippen LogP contribution in [0, 0.1) is 5.41 Å². The van der Waals surface area contributed by atoms with Gasteiger partial charge in [0, 0.05) is 12.5 Å². The van der Waals surface area contributed by atoms with Gasteiger partial charge in [0.15, 0.2) is 0 Å². The molecule has 3 rings (SSSR count). The fraction of sp³-hybridized carbons (Fsp3) is 0.458. The summed E-state index contributed by atoms with van der Waals surface area (Å²) in [4.78, 5) is 13.3. The molecule has 0 aromatic heterocycles. The van der Waals surface area contributed by atoms with Gasteiger partial charge in [-0.2, -0.15) is 13.2 Å².